The van der Waals surface area contributed by atoms with Crippen molar-refractivity contribution in [2.24, 2.45) is 0 Å². The molecule has 1 aromatic carbocycles. The van der Waals surface area contributed by atoms with Gasteiger partial charge in [0.1, 0.15) is 17.1 Å². The number of amides is 2. The lowest BCUT2D eigenvalue weighted by Gasteiger charge is -2.35. The first-order valence-electron chi connectivity index (χ1n) is 12.1. The largest absolute Gasteiger partial charge is 0.389 e. The number of fused-ring (bicyclic) bond motifs is 3. The number of hydrogen-bond acceptors (Lipinski definition) is 6. The molecular weight excluding hydrogens is 551 g/mol. The second-order valence-corrected chi connectivity index (χ2v) is 12.0. The maximum atomic E-state index is 13.4. The average molecular weight is 579 g/mol. The second kappa shape index (κ2) is 10.8. The molecule has 15 heteroatoms. The average Bonchev–Trinajstić information content (AvgIpc) is 3.31. The molecule has 214 valence electrons. The molecule has 0 saturated heterocycles. The molecule has 2 heterocycles. The third kappa shape index (κ3) is 6.93. The predicted molar refractivity (Wildman–Crippen MR) is 129 cm³/mol. The summed E-state index contributed by atoms with van der Waals surface area (Å²) >= 11 is 0. The van der Waals surface area contributed by atoms with Crippen LogP contribution in [0, 0.1) is 0 Å². The highest BCUT2D eigenvalue weighted by molar-refractivity contribution is 7.91. The van der Waals surface area contributed by atoms with Gasteiger partial charge >= 0.3 is 12.8 Å². The molecule has 0 unspecified atom stereocenters. The molecule has 2 N–H and O–H groups in total. The summed E-state index contributed by atoms with van der Waals surface area (Å²) in [7, 11) is -3.68. The van der Waals surface area contributed by atoms with E-state index in [1.807, 2.05) is 0 Å². The van der Waals surface area contributed by atoms with Gasteiger partial charge in [0.15, 0.2) is 9.84 Å². The van der Waals surface area contributed by atoms with Crippen molar-refractivity contribution >= 4 is 27.5 Å². The molecule has 2 aliphatic rings. The monoisotopic (exact) mass is 578 g/mol. The molecule has 9 nitrogen and oxygen atoms in total. The smallest absolute Gasteiger partial charge is 0.342 e. The van der Waals surface area contributed by atoms with E-state index in [1.165, 1.54) is 4.68 Å². The van der Waals surface area contributed by atoms with Gasteiger partial charge in [0.05, 0.1) is 17.8 Å². The van der Waals surface area contributed by atoms with Gasteiger partial charge in [-0.25, -0.2) is 13.1 Å². The van der Waals surface area contributed by atoms with Crippen molar-refractivity contribution in [2.75, 3.05) is 23.9 Å². The van der Waals surface area contributed by atoms with Crippen LogP contribution in [-0.4, -0.2) is 61.4 Å². The highest BCUT2D eigenvalue weighted by Gasteiger charge is 2.46. The molecule has 4 rings (SSSR count). The van der Waals surface area contributed by atoms with E-state index in [4.69, 9.17) is 0 Å². The highest BCUT2D eigenvalue weighted by atomic mass is 32.2. The van der Waals surface area contributed by atoms with Crippen molar-refractivity contribution in [3.8, 4) is 0 Å². The Morgan fingerprint density at radius 1 is 1.31 bits per heavy atom. The zero-order valence-corrected chi connectivity index (χ0v) is 21.7. The molecule has 1 atom stereocenters. The number of aryl methyl sites for hydroxylation is 3. The van der Waals surface area contributed by atoms with Crippen molar-refractivity contribution in [2.45, 2.75) is 63.4 Å². The Bertz CT molecular complexity index is 1380. The van der Waals surface area contributed by atoms with Crippen LogP contribution in [0.1, 0.15) is 52.0 Å². The fourth-order valence-corrected chi connectivity index (χ4v) is 5.67. The minimum atomic E-state index is -4.27. The number of nitrogens with zero attached hydrogens (tertiary/aromatic N) is 2. The van der Waals surface area contributed by atoms with Gasteiger partial charge in [-0.3, -0.25) is 9.59 Å². The maximum Gasteiger partial charge on any atom is 0.389 e. The van der Waals surface area contributed by atoms with E-state index in [9.17, 15) is 40.0 Å². The second-order valence-electron chi connectivity index (χ2n) is 9.82. The quantitative estimate of drug-likeness (QED) is 0.330. The van der Waals surface area contributed by atoms with E-state index < -0.39 is 52.2 Å². The topological polar surface area (TPSA) is 119 Å². The lowest BCUT2D eigenvalue weighted by Crippen LogP contribution is -2.50. The van der Waals surface area contributed by atoms with Gasteiger partial charge in [-0.15, -0.1) is 0 Å². The fraction of sp³-hybridized carbons (Fsp3) is 0.542. The predicted octanol–water partition coefficient (Wildman–Crippen LogP) is 3.12. The van der Waals surface area contributed by atoms with Crippen molar-refractivity contribution in [1.29, 1.82) is 0 Å². The fourth-order valence-electron chi connectivity index (χ4n) is 5.12. The molecule has 1 aliphatic carbocycles. The number of aromatic nitrogens is 2. The van der Waals surface area contributed by atoms with Gasteiger partial charge < -0.3 is 15.4 Å². The van der Waals surface area contributed by atoms with Gasteiger partial charge in [0.25, 0.3) is 5.91 Å². The van der Waals surface area contributed by atoms with Gasteiger partial charge in [0, 0.05) is 25.6 Å². The summed E-state index contributed by atoms with van der Waals surface area (Å²) in [5.74, 6) is -2.36. The van der Waals surface area contributed by atoms with E-state index in [0.29, 0.717) is 24.1 Å². The number of hydrogen-bond donors (Lipinski definition) is 2. The number of nitrogens with one attached hydrogen (secondary N) is 2. The minimum absolute atomic E-state index is 0.00631. The highest BCUT2D eigenvalue weighted by Crippen LogP contribution is 2.44. The molecule has 1 aromatic heterocycles. The number of ether oxygens (including phenoxy) is 1. The summed E-state index contributed by atoms with van der Waals surface area (Å²) in [6.45, 7) is -3.29. The number of alkyl halides is 5. The van der Waals surface area contributed by atoms with Crippen LogP contribution in [0.4, 0.5) is 27.8 Å². The molecular formula is C24H27F5N4O5S. The van der Waals surface area contributed by atoms with Crippen LogP contribution in [-0.2, 0) is 50.7 Å². The van der Waals surface area contributed by atoms with E-state index in [0.717, 1.165) is 17.4 Å². The van der Waals surface area contributed by atoms with Crippen LogP contribution in [0.15, 0.2) is 18.2 Å². The van der Waals surface area contributed by atoms with Crippen LogP contribution in [0.25, 0.3) is 0 Å². The molecule has 1 spiro atoms. The third-order valence-corrected chi connectivity index (χ3v) is 7.47. The SMILES string of the molecule is CS(=O)(=O)CC(=O)Nc1c2c(nn1CCCOC(F)F)C[C@]1(CCc3cc(CCC(F)(F)F)ccc31)NC2=O. The standard InChI is InChI=1S/C24H27F5N4O5S/c1-39(36,37)13-18(34)30-20-19-17(32-33(20)9-2-10-38-22(25)26)12-23(31-21(19)35)7-6-15-11-14(3-4-16(15)23)5-8-24(27,28)29/h3-4,11,22H,2,5-10,12-13H2,1H3,(H,30,34)(H,31,35)/t23-/m0/s1. The van der Waals surface area contributed by atoms with Crippen LogP contribution in [0.2, 0.25) is 0 Å². The zero-order valence-electron chi connectivity index (χ0n) is 20.9. The summed E-state index contributed by atoms with van der Waals surface area (Å²) in [4.78, 5) is 25.8. The summed E-state index contributed by atoms with van der Waals surface area (Å²) in [5, 5.41) is 9.86. The molecule has 2 aromatic rings. The first-order valence-corrected chi connectivity index (χ1v) is 14.2. The van der Waals surface area contributed by atoms with Crippen LogP contribution < -0.4 is 10.6 Å². The van der Waals surface area contributed by atoms with Gasteiger partial charge in [-0.1, -0.05) is 18.2 Å². The summed E-state index contributed by atoms with van der Waals surface area (Å²) in [6.07, 6.45) is -3.22. The molecule has 0 saturated carbocycles. The Morgan fingerprint density at radius 2 is 2.05 bits per heavy atom. The number of sulfone groups is 1. The molecule has 0 bridgehead atoms. The number of benzene rings is 1. The van der Waals surface area contributed by atoms with Gasteiger partial charge in [-0.05, 0) is 42.4 Å². The normalized spacial score (nSPS) is 18.8. The molecule has 0 radical (unpaired) electrons. The van der Waals surface area contributed by atoms with Crippen molar-refractivity contribution in [3.05, 3.63) is 46.1 Å². The van der Waals surface area contributed by atoms with E-state index in [-0.39, 0.29) is 43.8 Å². The van der Waals surface area contributed by atoms with Crippen LogP contribution >= 0.6 is 0 Å². The number of rotatable bonds is 10. The Morgan fingerprint density at radius 3 is 2.72 bits per heavy atom. The van der Waals surface area contributed by atoms with Crippen molar-refractivity contribution < 1.29 is 44.7 Å². The Hall–Kier alpha value is -3.07. The zero-order chi connectivity index (χ0) is 28.6. The third-order valence-electron chi connectivity index (χ3n) is 6.69. The molecule has 39 heavy (non-hydrogen) atoms. The molecule has 0 fully saturated rings. The lowest BCUT2D eigenvalue weighted by atomic mass is 9.82. The van der Waals surface area contributed by atoms with Crippen LogP contribution in [0.5, 0.6) is 0 Å². The number of anilines is 1. The van der Waals surface area contributed by atoms with Gasteiger partial charge in [-0.2, -0.15) is 27.1 Å². The number of carbonyl (C=O) groups is 2. The number of carbonyl (C=O) groups excluding carboxylic acids is 2. The summed E-state index contributed by atoms with van der Waals surface area (Å²) < 4.78 is 91.4. The van der Waals surface area contributed by atoms with E-state index in [1.54, 1.807) is 18.2 Å². The van der Waals surface area contributed by atoms with Crippen molar-refractivity contribution in [3.63, 3.8) is 0 Å². The Balaban J connectivity index is 1.62. The number of halogens is 5. The van der Waals surface area contributed by atoms with Crippen LogP contribution in [0.3, 0.4) is 0 Å². The molecule has 2 amide bonds. The van der Waals surface area contributed by atoms with Gasteiger partial charge in [0.2, 0.25) is 5.91 Å². The summed E-state index contributed by atoms with van der Waals surface area (Å²) in [5.41, 5.74) is 1.61. The van der Waals surface area contributed by atoms with Crippen molar-refractivity contribution in [1.82, 2.24) is 15.1 Å². The first-order chi connectivity index (χ1) is 18.2. The summed E-state index contributed by atoms with van der Waals surface area (Å²) in [6, 6.07) is 5.04. The first kappa shape index (κ1) is 28.9. The maximum absolute atomic E-state index is 13.4. The Labute approximate surface area is 221 Å². The molecule has 1 aliphatic heterocycles. The Kier molecular flexibility index (Phi) is 8.03. The van der Waals surface area contributed by atoms with E-state index in [2.05, 4.69) is 20.5 Å². The lowest BCUT2D eigenvalue weighted by molar-refractivity contribution is -0.134. The minimum Gasteiger partial charge on any atom is -0.342 e. The van der Waals surface area contributed by atoms with E-state index >= 15 is 0 Å².